The molecule has 0 amide bonds. The Bertz CT molecular complexity index is 23.8. The highest BCUT2D eigenvalue weighted by atomic mass is 14.0. The van der Waals surface area contributed by atoms with Gasteiger partial charge in [0.1, 0.15) is 0 Å². The van der Waals surface area contributed by atoms with Gasteiger partial charge in [0.25, 0.3) is 0 Å². The first-order valence-electron chi connectivity index (χ1n) is 3.50. The zero-order valence-corrected chi connectivity index (χ0v) is 5.66. The van der Waals surface area contributed by atoms with E-state index in [1.54, 1.807) is 0 Å². The Morgan fingerprint density at radius 3 is 0.778 bits per heavy atom. The molecule has 0 saturated heterocycles. The SMILES string of the molecule is C.C1CCCCC1.C=C. The van der Waals surface area contributed by atoms with Gasteiger partial charge in [-0.25, -0.2) is 0 Å². The molecule has 9 heavy (non-hydrogen) atoms. The molecule has 0 atom stereocenters. The quantitative estimate of drug-likeness (QED) is 0.435. The lowest BCUT2D eigenvalue weighted by molar-refractivity contribution is 0.504. The second-order valence-corrected chi connectivity index (χ2v) is 2.12. The summed E-state index contributed by atoms with van der Waals surface area (Å²) in [5.74, 6) is 0. The van der Waals surface area contributed by atoms with Crippen molar-refractivity contribution in [3.05, 3.63) is 13.2 Å². The van der Waals surface area contributed by atoms with Crippen molar-refractivity contribution in [2.75, 3.05) is 0 Å². The second-order valence-electron chi connectivity index (χ2n) is 2.12. The predicted octanol–water partition coefficient (Wildman–Crippen LogP) is 3.78. The molecule has 0 spiro atoms. The van der Waals surface area contributed by atoms with E-state index < -0.39 is 0 Å². The van der Waals surface area contributed by atoms with Gasteiger partial charge in [-0.05, 0) is 0 Å². The number of rotatable bonds is 0. The van der Waals surface area contributed by atoms with Gasteiger partial charge >= 0.3 is 0 Å². The zero-order chi connectivity index (χ0) is 6.24. The Balaban J connectivity index is 0. The molecule has 0 N–H and O–H groups in total. The molecule has 0 bridgehead atoms. The molecule has 1 saturated carbocycles. The van der Waals surface area contributed by atoms with E-state index in [1.165, 1.54) is 38.5 Å². The van der Waals surface area contributed by atoms with Crippen molar-refractivity contribution >= 4 is 0 Å². The Hall–Kier alpha value is -0.260. The second kappa shape index (κ2) is 10.7. The van der Waals surface area contributed by atoms with E-state index in [4.69, 9.17) is 0 Å². The maximum atomic E-state index is 3.00. The Labute approximate surface area is 60.0 Å². The first-order chi connectivity index (χ1) is 4.00. The van der Waals surface area contributed by atoms with Gasteiger partial charge in [0.2, 0.25) is 0 Å². The van der Waals surface area contributed by atoms with Gasteiger partial charge in [-0.15, -0.1) is 13.2 Å². The fourth-order valence-corrected chi connectivity index (χ4v) is 1.06. The van der Waals surface area contributed by atoms with Crippen LogP contribution in [0.5, 0.6) is 0 Å². The lowest BCUT2D eigenvalue weighted by Gasteiger charge is -2.05. The summed E-state index contributed by atoms with van der Waals surface area (Å²) >= 11 is 0. The molecule has 0 aliphatic heterocycles. The van der Waals surface area contributed by atoms with Crippen LogP contribution >= 0.6 is 0 Å². The first-order valence-corrected chi connectivity index (χ1v) is 3.50. The van der Waals surface area contributed by atoms with Gasteiger partial charge in [0, 0.05) is 0 Å². The van der Waals surface area contributed by atoms with Crippen molar-refractivity contribution in [2.24, 2.45) is 0 Å². The highest BCUT2D eigenvalue weighted by molar-refractivity contribution is 4.51. The van der Waals surface area contributed by atoms with Gasteiger partial charge < -0.3 is 0 Å². The minimum atomic E-state index is 0. The Morgan fingerprint density at radius 1 is 0.556 bits per heavy atom. The molecule has 0 nitrogen and oxygen atoms in total. The molecule has 1 fully saturated rings. The molecular weight excluding hydrogens is 108 g/mol. The van der Waals surface area contributed by atoms with Crippen LogP contribution in [-0.2, 0) is 0 Å². The van der Waals surface area contributed by atoms with Crippen LogP contribution < -0.4 is 0 Å². The average molecular weight is 128 g/mol. The Morgan fingerprint density at radius 2 is 0.667 bits per heavy atom. The summed E-state index contributed by atoms with van der Waals surface area (Å²) < 4.78 is 0. The van der Waals surface area contributed by atoms with Gasteiger partial charge in [-0.2, -0.15) is 0 Å². The minimum Gasteiger partial charge on any atom is -0.106 e. The summed E-state index contributed by atoms with van der Waals surface area (Å²) in [4.78, 5) is 0. The van der Waals surface area contributed by atoms with E-state index in [-0.39, 0.29) is 7.43 Å². The average Bonchev–Trinajstić information content (AvgIpc) is 1.96. The van der Waals surface area contributed by atoms with Crippen molar-refractivity contribution in [3.8, 4) is 0 Å². The maximum Gasteiger partial charge on any atom is -0.0533 e. The molecule has 0 aromatic heterocycles. The highest BCUT2D eigenvalue weighted by Crippen LogP contribution is 2.15. The van der Waals surface area contributed by atoms with Crippen molar-refractivity contribution in [3.63, 3.8) is 0 Å². The van der Waals surface area contributed by atoms with Gasteiger partial charge in [-0.1, -0.05) is 46.0 Å². The summed E-state index contributed by atoms with van der Waals surface area (Å²) in [6.45, 7) is 6.00. The molecular formula is C9H20. The summed E-state index contributed by atoms with van der Waals surface area (Å²) in [7, 11) is 0. The molecule has 0 radical (unpaired) electrons. The molecule has 0 aromatic rings. The first kappa shape index (κ1) is 11.5. The normalized spacial score (nSPS) is 16.4. The fraction of sp³-hybridized carbons (Fsp3) is 0.778. The standard InChI is InChI=1S/C6H12.C2H4.CH4/c1-2-4-6-5-3-1;1-2;/h1-6H2;1-2H2;1H4. The van der Waals surface area contributed by atoms with Crippen LogP contribution in [0.3, 0.4) is 0 Å². The van der Waals surface area contributed by atoms with E-state index in [0.717, 1.165) is 0 Å². The number of hydrogen-bond acceptors (Lipinski definition) is 0. The van der Waals surface area contributed by atoms with E-state index in [2.05, 4.69) is 13.2 Å². The van der Waals surface area contributed by atoms with Crippen molar-refractivity contribution < 1.29 is 0 Å². The third-order valence-electron chi connectivity index (χ3n) is 1.50. The van der Waals surface area contributed by atoms with E-state index in [1.807, 2.05) is 0 Å². The van der Waals surface area contributed by atoms with Gasteiger partial charge in [0.15, 0.2) is 0 Å². The van der Waals surface area contributed by atoms with Crippen molar-refractivity contribution in [1.29, 1.82) is 0 Å². The molecule has 0 unspecified atom stereocenters. The van der Waals surface area contributed by atoms with E-state index in [9.17, 15) is 0 Å². The van der Waals surface area contributed by atoms with Crippen molar-refractivity contribution in [1.82, 2.24) is 0 Å². The van der Waals surface area contributed by atoms with Crippen molar-refractivity contribution in [2.45, 2.75) is 46.0 Å². The summed E-state index contributed by atoms with van der Waals surface area (Å²) in [5, 5.41) is 0. The predicted molar refractivity (Wildman–Crippen MR) is 45.7 cm³/mol. The van der Waals surface area contributed by atoms with E-state index >= 15 is 0 Å². The smallest absolute Gasteiger partial charge is 0.0533 e. The fourth-order valence-electron chi connectivity index (χ4n) is 1.06. The summed E-state index contributed by atoms with van der Waals surface area (Å²) in [5.41, 5.74) is 0. The third-order valence-corrected chi connectivity index (χ3v) is 1.50. The van der Waals surface area contributed by atoms with Crippen LogP contribution in [0.25, 0.3) is 0 Å². The lowest BCUT2D eigenvalue weighted by Crippen LogP contribution is -1.85. The molecule has 1 rings (SSSR count). The van der Waals surface area contributed by atoms with Crippen LogP contribution in [0, 0.1) is 0 Å². The monoisotopic (exact) mass is 128 g/mol. The van der Waals surface area contributed by atoms with Gasteiger partial charge in [0.05, 0.1) is 0 Å². The molecule has 0 heteroatoms. The molecule has 56 valence electrons. The number of hydrogen-bond donors (Lipinski definition) is 0. The van der Waals surface area contributed by atoms with Crippen LogP contribution in [0.1, 0.15) is 46.0 Å². The zero-order valence-electron chi connectivity index (χ0n) is 5.66. The molecule has 0 aromatic carbocycles. The van der Waals surface area contributed by atoms with Crippen LogP contribution in [0.15, 0.2) is 13.2 Å². The topological polar surface area (TPSA) is 0 Å². The third kappa shape index (κ3) is 7.74. The minimum absolute atomic E-state index is 0. The molecule has 1 aliphatic rings. The van der Waals surface area contributed by atoms with Crippen LogP contribution in [0.2, 0.25) is 0 Å². The van der Waals surface area contributed by atoms with Crippen LogP contribution in [-0.4, -0.2) is 0 Å². The van der Waals surface area contributed by atoms with E-state index in [0.29, 0.717) is 0 Å². The summed E-state index contributed by atoms with van der Waals surface area (Å²) in [6.07, 6.45) is 9.00. The van der Waals surface area contributed by atoms with Gasteiger partial charge in [-0.3, -0.25) is 0 Å². The highest BCUT2D eigenvalue weighted by Gasteiger charge is 1.95. The largest absolute Gasteiger partial charge is 0.106 e. The maximum absolute atomic E-state index is 3.00. The molecule has 0 heterocycles. The van der Waals surface area contributed by atoms with Crippen LogP contribution in [0.4, 0.5) is 0 Å². The molecule has 1 aliphatic carbocycles. The summed E-state index contributed by atoms with van der Waals surface area (Å²) in [6, 6.07) is 0. The Kier molecular flexibility index (Phi) is 13.7. The lowest BCUT2D eigenvalue weighted by atomic mass is 10.0.